The molecule has 0 saturated carbocycles. The van der Waals surface area contributed by atoms with Crippen molar-refractivity contribution >= 4 is 19.4 Å². The van der Waals surface area contributed by atoms with E-state index in [1.165, 1.54) is 0 Å². The molecule has 142 valence electrons. The molecule has 1 unspecified atom stereocenters. The molecule has 1 atom stereocenters. The normalized spacial score (nSPS) is 21.5. The molecule has 0 amide bonds. The molecule has 0 radical (unpaired) electrons. The zero-order valence-corrected chi connectivity index (χ0v) is 17.0. The van der Waals surface area contributed by atoms with Crippen molar-refractivity contribution in [3.63, 3.8) is 0 Å². The monoisotopic (exact) mass is 352 g/mol. The van der Waals surface area contributed by atoms with Crippen LogP contribution >= 0.6 is 0 Å². The molecule has 1 aliphatic heterocycles. The van der Waals surface area contributed by atoms with Gasteiger partial charge in [0.05, 0.1) is 24.2 Å². The number of carbonyl (C=O) groups is 2. The molecule has 1 saturated heterocycles. The Labute approximate surface area is 152 Å². The van der Waals surface area contributed by atoms with Crippen molar-refractivity contribution in [1.29, 1.82) is 0 Å². The molecule has 1 heterocycles. The second kappa shape index (κ2) is 7.24. The minimum Gasteiger partial charge on any atom is -0.466 e. The second-order valence-corrected chi connectivity index (χ2v) is 9.36. The van der Waals surface area contributed by atoms with Crippen molar-refractivity contribution in [2.45, 2.75) is 79.4 Å². The van der Waals surface area contributed by atoms with Crippen LogP contribution in [-0.4, -0.2) is 37.2 Å². The van der Waals surface area contributed by atoms with Gasteiger partial charge in [-0.2, -0.15) is 0 Å². The summed E-state index contributed by atoms with van der Waals surface area (Å²) < 4.78 is 17.2. The maximum absolute atomic E-state index is 11.8. The molecule has 0 spiro atoms. The predicted molar refractivity (Wildman–Crippen MR) is 99.0 cm³/mol. The molecule has 0 bridgehead atoms. The van der Waals surface area contributed by atoms with Crippen molar-refractivity contribution in [1.82, 2.24) is 0 Å². The molecule has 1 rings (SSSR count). The highest BCUT2D eigenvalue weighted by atomic mass is 16.7. The van der Waals surface area contributed by atoms with Gasteiger partial charge in [0.25, 0.3) is 0 Å². The molecule has 25 heavy (non-hydrogen) atoms. The van der Waals surface area contributed by atoms with E-state index in [1.54, 1.807) is 6.92 Å². The van der Waals surface area contributed by atoms with Crippen molar-refractivity contribution in [2.24, 2.45) is 10.8 Å². The number of aldehydes is 1. The largest absolute Gasteiger partial charge is 0.490 e. The van der Waals surface area contributed by atoms with E-state index in [0.717, 1.165) is 6.29 Å². The van der Waals surface area contributed by atoms with Gasteiger partial charge in [-0.25, -0.2) is 0 Å². The Morgan fingerprint density at radius 1 is 1.12 bits per heavy atom. The first kappa shape index (κ1) is 21.9. The predicted octanol–water partition coefficient (Wildman–Crippen LogP) is 3.75. The molecule has 6 heteroatoms. The van der Waals surface area contributed by atoms with Crippen LogP contribution in [-0.2, 0) is 23.6 Å². The molecular weight excluding hydrogens is 319 g/mol. The summed E-state index contributed by atoms with van der Waals surface area (Å²) in [7, 11) is -0.662. The lowest BCUT2D eigenvalue weighted by atomic mass is 9.63. The van der Waals surface area contributed by atoms with Gasteiger partial charge in [-0.15, -0.1) is 6.58 Å². The van der Waals surface area contributed by atoms with E-state index >= 15 is 0 Å². The van der Waals surface area contributed by atoms with Gasteiger partial charge in [-0.3, -0.25) is 4.79 Å². The molecular formula is C19H33BO5. The number of ether oxygens (including phenoxy) is 1. The van der Waals surface area contributed by atoms with Crippen molar-refractivity contribution in [3.05, 3.63) is 12.1 Å². The van der Waals surface area contributed by atoms with E-state index in [0.29, 0.717) is 18.3 Å². The molecule has 0 N–H and O–H groups in total. The third-order valence-electron chi connectivity index (χ3n) is 5.09. The Morgan fingerprint density at radius 3 is 2.00 bits per heavy atom. The first-order valence-corrected chi connectivity index (χ1v) is 8.80. The van der Waals surface area contributed by atoms with Gasteiger partial charge in [0, 0.05) is 5.41 Å². The highest BCUT2D eigenvalue weighted by molar-refractivity contribution is 6.55. The lowest BCUT2D eigenvalue weighted by Gasteiger charge is -2.32. The quantitative estimate of drug-likeness (QED) is 0.397. The van der Waals surface area contributed by atoms with E-state index in [2.05, 4.69) is 6.58 Å². The summed E-state index contributed by atoms with van der Waals surface area (Å²) in [6, 6.07) is 0. The SMILES string of the molecule is C=C(B1OC(C)(C)C(C)(C)O1)C(C)(C=O)CCOC(=O)CC(C)(C)C. The van der Waals surface area contributed by atoms with Gasteiger partial charge in [0.1, 0.15) is 6.29 Å². The minimum absolute atomic E-state index is 0.128. The van der Waals surface area contributed by atoms with E-state index in [-0.39, 0.29) is 18.0 Å². The third-order valence-corrected chi connectivity index (χ3v) is 5.09. The van der Waals surface area contributed by atoms with Crippen LogP contribution in [0.25, 0.3) is 0 Å². The zero-order chi connectivity index (χ0) is 19.7. The van der Waals surface area contributed by atoms with Crippen molar-refractivity contribution in [2.75, 3.05) is 6.61 Å². The number of rotatable bonds is 7. The Morgan fingerprint density at radius 2 is 1.60 bits per heavy atom. The fraction of sp³-hybridized carbons (Fsp3) is 0.789. The Balaban J connectivity index is 2.69. The second-order valence-electron chi connectivity index (χ2n) is 9.36. The van der Waals surface area contributed by atoms with Crippen molar-refractivity contribution < 1.29 is 23.6 Å². The Bertz CT molecular complexity index is 516. The van der Waals surface area contributed by atoms with Crippen LogP contribution in [0.1, 0.15) is 68.2 Å². The summed E-state index contributed by atoms with van der Waals surface area (Å²) >= 11 is 0. The van der Waals surface area contributed by atoms with Gasteiger partial charge in [0.15, 0.2) is 0 Å². The lowest BCUT2D eigenvalue weighted by Crippen LogP contribution is -2.41. The molecule has 1 aliphatic rings. The number of allylic oxidation sites excluding steroid dienone is 1. The summed E-state index contributed by atoms with van der Waals surface area (Å²) in [6.07, 6.45) is 1.51. The fourth-order valence-electron chi connectivity index (χ4n) is 2.41. The van der Waals surface area contributed by atoms with E-state index in [4.69, 9.17) is 14.0 Å². The van der Waals surface area contributed by atoms with E-state index in [9.17, 15) is 9.59 Å². The van der Waals surface area contributed by atoms with Crippen LogP contribution in [0.15, 0.2) is 12.1 Å². The standard InChI is InChI=1S/C19H33BO5/c1-14(20-24-17(5,6)18(7,8)25-20)19(9,13-21)10-11-23-15(22)12-16(2,3)4/h13H,1,10-12H2,2-9H3. The van der Waals surface area contributed by atoms with Crippen LogP contribution in [0.5, 0.6) is 0 Å². The number of esters is 1. The highest BCUT2D eigenvalue weighted by Crippen LogP contribution is 2.42. The molecule has 0 aromatic rings. The van der Waals surface area contributed by atoms with Gasteiger partial charge in [-0.05, 0) is 51.9 Å². The molecule has 5 nitrogen and oxygen atoms in total. The average molecular weight is 352 g/mol. The van der Waals surface area contributed by atoms with Crippen LogP contribution in [0.4, 0.5) is 0 Å². The van der Waals surface area contributed by atoms with Gasteiger partial charge < -0.3 is 18.8 Å². The van der Waals surface area contributed by atoms with Gasteiger partial charge >= 0.3 is 13.1 Å². The maximum Gasteiger partial charge on any atom is 0.490 e. The molecule has 0 aromatic heterocycles. The molecule has 0 aliphatic carbocycles. The van der Waals surface area contributed by atoms with Crippen molar-refractivity contribution in [3.8, 4) is 0 Å². The third kappa shape index (κ3) is 5.42. The molecule has 0 aromatic carbocycles. The lowest BCUT2D eigenvalue weighted by molar-refractivity contribution is -0.146. The van der Waals surface area contributed by atoms with Crippen LogP contribution in [0.3, 0.4) is 0 Å². The highest BCUT2D eigenvalue weighted by Gasteiger charge is 2.54. The van der Waals surface area contributed by atoms with E-state index in [1.807, 2.05) is 48.5 Å². The summed E-state index contributed by atoms with van der Waals surface area (Å²) in [4.78, 5) is 23.6. The maximum atomic E-state index is 11.8. The minimum atomic E-state index is -0.886. The number of carbonyl (C=O) groups excluding carboxylic acids is 2. The Kier molecular flexibility index (Phi) is 6.34. The summed E-state index contributed by atoms with van der Waals surface area (Å²) in [5.41, 5.74) is -1.46. The van der Waals surface area contributed by atoms with Crippen LogP contribution < -0.4 is 0 Å². The van der Waals surface area contributed by atoms with Gasteiger partial charge in [0.2, 0.25) is 0 Å². The number of hydrogen-bond acceptors (Lipinski definition) is 5. The summed E-state index contributed by atoms with van der Waals surface area (Å²) in [5.74, 6) is -0.262. The zero-order valence-electron chi connectivity index (χ0n) is 17.0. The van der Waals surface area contributed by atoms with Gasteiger partial charge in [-0.1, -0.05) is 20.8 Å². The summed E-state index contributed by atoms with van der Waals surface area (Å²) in [6.45, 7) is 19.7. The smallest absolute Gasteiger partial charge is 0.466 e. The number of hydrogen-bond donors (Lipinski definition) is 0. The first-order chi connectivity index (χ1) is 11.1. The summed E-state index contributed by atoms with van der Waals surface area (Å²) in [5, 5.41) is 0. The van der Waals surface area contributed by atoms with E-state index < -0.39 is 23.7 Å². The van der Waals surface area contributed by atoms with Crippen LogP contribution in [0, 0.1) is 10.8 Å². The first-order valence-electron chi connectivity index (χ1n) is 8.80. The fourth-order valence-corrected chi connectivity index (χ4v) is 2.41. The molecule has 1 fully saturated rings. The Hall–Kier alpha value is -1.14. The van der Waals surface area contributed by atoms with Crippen LogP contribution in [0.2, 0.25) is 0 Å². The topological polar surface area (TPSA) is 61.8 Å². The average Bonchev–Trinajstić information content (AvgIpc) is 2.64.